The molecule has 3 rings (SSSR count). The monoisotopic (exact) mass is 347 g/mol. The predicted octanol–water partition coefficient (Wildman–Crippen LogP) is -0.477. The van der Waals surface area contributed by atoms with E-state index in [9.17, 15) is 18.0 Å². The fraction of sp³-hybridized carbons (Fsp3) is 0.867. The number of carbonyl (C=O) groups is 2. The van der Waals surface area contributed by atoms with E-state index in [1.54, 1.807) is 6.92 Å². The van der Waals surface area contributed by atoms with Gasteiger partial charge < -0.3 is 15.1 Å². The second kappa shape index (κ2) is 9.34. The smallest absolute Gasteiger partial charge is 0.228 e. The lowest BCUT2D eigenvalue weighted by Crippen LogP contribution is -2.37. The summed E-state index contributed by atoms with van der Waals surface area (Å²) in [5, 5.41) is 2.48. The van der Waals surface area contributed by atoms with E-state index < -0.39 is 9.84 Å². The summed E-state index contributed by atoms with van der Waals surface area (Å²) in [6.45, 7) is 5.72. The van der Waals surface area contributed by atoms with Gasteiger partial charge in [0.25, 0.3) is 0 Å². The van der Waals surface area contributed by atoms with Gasteiger partial charge >= 0.3 is 0 Å². The zero-order chi connectivity index (χ0) is 17.5. The number of amides is 1. The summed E-state index contributed by atoms with van der Waals surface area (Å²) in [5.41, 5.74) is 0. The zero-order valence-corrected chi connectivity index (χ0v) is 15.2. The fourth-order valence-corrected chi connectivity index (χ4v) is 3.75. The van der Waals surface area contributed by atoms with Gasteiger partial charge in [-0.3, -0.25) is 9.59 Å². The first-order valence-corrected chi connectivity index (χ1v) is 9.91. The topological polar surface area (TPSA) is 86.8 Å². The maximum atomic E-state index is 10.8. The molecule has 3 fully saturated rings. The van der Waals surface area contributed by atoms with Crippen molar-refractivity contribution in [3.63, 3.8) is 0 Å². The van der Waals surface area contributed by atoms with Gasteiger partial charge in [0.15, 0.2) is 15.6 Å². The van der Waals surface area contributed by atoms with E-state index in [-0.39, 0.29) is 24.2 Å². The Hall–Kier alpha value is -0.990. The zero-order valence-electron chi connectivity index (χ0n) is 14.4. The third-order valence-corrected chi connectivity index (χ3v) is 5.70. The molecule has 0 bridgehead atoms. The Morgan fingerprint density at radius 1 is 0.957 bits per heavy atom. The standard InChI is InChI=1S/C5H11NO2S.C5H7NO2.C5H11N/c1-6-2-4-9(7,8)5-3-6;1-3-4(7)2-5(8)6-3;1-6-4-2-3-5-6/h2-5H2,1H3;3H,2H2,1H3,(H,6,8);2-5H2,1H3. The van der Waals surface area contributed by atoms with E-state index in [1.165, 1.54) is 25.9 Å². The van der Waals surface area contributed by atoms with Gasteiger partial charge in [0.05, 0.1) is 24.0 Å². The maximum absolute atomic E-state index is 10.8. The number of nitrogens with zero attached hydrogens (tertiary/aromatic N) is 2. The quantitative estimate of drug-likeness (QED) is 0.596. The van der Waals surface area contributed by atoms with Crippen molar-refractivity contribution in [1.29, 1.82) is 0 Å². The Balaban J connectivity index is 0.000000176. The highest BCUT2D eigenvalue weighted by Gasteiger charge is 2.25. The number of hydrogen-bond acceptors (Lipinski definition) is 6. The number of ketones is 1. The Morgan fingerprint density at radius 3 is 1.65 bits per heavy atom. The van der Waals surface area contributed by atoms with Gasteiger partial charge in [-0.05, 0) is 47.0 Å². The molecular formula is C15H29N3O4S. The molecule has 134 valence electrons. The fourth-order valence-electron chi connectivity index (χ4n) is 2.36. The molecule has 3 saturated heterocycles. The minimum Gasteiger partial charge on any atom is -0.346 e. The Labute approximate surface area is 139 Å². The molecule has 0 saturated carbocycles. The van der Waals surface area contributed by atoms with Gasteiger partial charge in [-0.15, -0.1) is 0 Å². The Morgan fingerprint density at radius 2 is 1.43 bits per heavy atom. The molecule has 3 aliphatic rings. The van der Waals surface area contributed by atoms with Crippen LogP contribution in [0.15, 0.2) is 0 Å². The molecule has 0 spiro atoms. The first-order valence-electron chi connectivity index (χ1n) is 8.09. The molecule has 3 aliphatic heterocycles. The second-order valence-corrected chi connectivity index (χ2v) is 8.70. The molecule has 0 aromatic rings. The predicted molar refractivity (Wildman–Crippen MR) is 90.1 cm³/mol. The van der Waals surface area contributed by atoms with Gasteiger partial charge in [0, 0.05) is 13.1 Å². The minimum absolute atomic E-state index is 0.00463. The second-order valence-electron chi connectivity index (χ2n) is 6.40. The molecule has 0 radical (unpaired) electrons. The lowest BCUT2D eigenvalue weighted by atomic mass is 10.2. The average molecular weight is 347 g/mol. The number of nitrogens with one attached hydrogen (secondary N) is 1. The Bertz CT molecular complexity index is 487. The highest BCUT2D eigenvalue weighted by atomic mass is 32.2. The average Bonchev–Trinajstić information content (AvgIpc) is 3.04. The summed E-state index contributed by atoms with van der Waals surface area (Å²) < 4.78 is 21.5. The van der Waals surface area contributed by atoms with Gasteiger partial charge in [-0.1, -0.05) is 0 Å². The van der Waals surface area contributed by atoms with E-state index in [1.807, 2.05) is 11.9 Å². The van der Waals surface area contributed by atoms with Crippen LogP contribution in [0, 0.1) is 0 Å². The minimum atomic E-state index is -2.66. The maximum Gasteiger partial charge on any atom is 0.228 e. The number of sulfone groups is 1. The van der Waals surface area contributed by atoms with Crippen LogP contribution in [0.5, 0.6) is 0 Å². The van der Waals surface area contributed by atoms with Crippen LogP contribution in [-0.4, -0.2) is 87.7 Å². The van der Waals surface area contributed by atoms with Crippen LogP contribution in [0.25, 0.3) is 0 Å². The van der Waals surface area contributed by atoms with Gasteiger partial charge in [0.1, 0.15) is 0 Å². The SMILES string of the molecule is CC1NC(=O)CC1=O.CN1CCCC1.CN1CCS(=O)(=O)CC1. The van der Waals surface area contributed by atoms with Crippen molar-refractivity contribution in [1.82, 2.24) is 15.1 Å². The highest BCUT2D eigenvalue weighted by Crippen LogP contribution is 2.02. The van der Waals surface area contributed by atoms with Crippen LogP contribution >= 0.6 is 0 Å². The number of hydrogen-bond donors (Lipinski definition) is 1. The molecule has 1 amide bonds. The number of carbonyl (C=O) groups excluding carboxylic acids is 2. The van der Waals surface area contributed by atoms with Crippen LogP contribution in [0.2, 0.25) is 0 Å². The summed E-state index contributed by atoms with van der Waals surface area (Å²) in [6.07, 6.45) is 2.90. The van der Waals surface area contributed by atoms with Gasteiger partial charge in [-0.2, -0.15) is 0 Å². The van der Waals surface area contributed by atoms with Crippen LogP contribution in [-0.2, 0) is 19.4 Å². The summed E-state index contributed by atoms with van der Waals surface area (Å²) in [5.74, 6) is 0.519. The largest absolute Gasteiger partial charge is 0.346 e. The summed E-state index contributed by atoms with van der Waals surface area (Å²) >= 11 is 0. The molecule has 0 aliphatic carbocycles. The molecule has 1 unspecified atom stereocenters. The van der Waals surface area contributed by atoms with E-state index in [0.29, 0.717) is 24.6 Å². The van der Waals surface area contributed by atoms with E-state index in [4.69, 9.17) is 0 Å². The first-order chi connectivity index (χ1) is 10.7. The molecule has 7 nitrogen and oxygen atoms in total. The third-order valence-electron chi connectivity index (χ3n) is 4.09. The number of Topliss-reactive ketones (excluding diaryl/α,β-unsaturated/α-hetero) is 1. The van der Waals surface area contributed by atoms with Crippen LogP contribution in [0.4, 0.5) is 0 Å². The van der Waals surface area contributed by atoms with Crippen molar-refractivity contribution in [2.45, 2.75) is 32.2 Å². The van der Waals surface area contributed by atoms with Crippen molar-refractivity contribution < 1.29 is 18.0 Å². The van der Waals surface area contributed by atoms with E-state index in [0.717, 1.165) is 0 Å². The molecule has 1 N–H and O–H groups in total. The van der Waals surface area contributed by atoms with E-state index >= 15 is 0 Å². The summed E-state index contributed by atoms with van der Waals surface area (Å²) in [7, 11) is 1.46. The normalized spacial score (nSPS) is 27.5. The third kappa shape index (κ3) is 8.43. The lowest BCUT2D eigenvalue weighted by Gasteiger charge is -2.21. The van der Waals surface area contributed by atoms with Crippen molar-refractivity contribution in [3.05, 3.63) is 0 Å². The highest BCUT2D eigenvalue weighted by molar-refractivity contribution is 7.91. The molecule has 3 heterocycles. The van der Waals surface area contributed by atoms with Crippen molar-refractivity contribution >= 4 is 21.5 Å². The van der Waals surface area contributed by atoms with Gasteiger partial charge in [0.2, 0.25) is 5.91 Å². The summed E-state index contributed by atoms with van der Waals surface area (Å²) in [4.78, 5) is 25.2. The Kier molecular flexibility index (Phi) is 8.15. The van der Waals surface area contributed by atoms with E-state index in [2.05, 4.69) is 17.3 Å². The van der Waals surface area contributed by atoms with Crippen molar-refractivity contribution in [2.75, 3.05) is 51.8 Å². The number of likely N-dealkylation sites (tertiary alicyclic amines) is 1. The molecule has 0 aromatic heterocycles. The molecule has 1 atom stereocenters. The van der Waals surface area contributed by atoms with Crippen LogP contribution in [0.1, 0.15) is 26.2 Å². The summed E-state index contributed by atoms with van der Waals surface area (Å²) in [6, 6.07) is -0.248. The molecule has 0 aromatic carbocycles. The lowest BCUT2D eigenvalue weighted by molar-refractivity contribution is -0.122. The first kappa shape index (κ1) is 20.1. The molecule has 8 heteroatoms. The van der Waals surface area contributed by atoms with Crippen LogP contribution < -0.4 is 5.32 Å². The van der Waals surface area contributed by atoms with Gasteiger partial charge in [-0.25, -0.2) is 8.42 Å². The van der Waals surface area contributed by atoms with Crippen molar-refractivity contribution in [3.8, 4) is 0 Å². The number of rotatable bonds is 0. The van der Waals surface area contributed by atoms with Crippen molar-refractivity contribution in [2.24, 2.45) is 0 Å². The molecule has 23 heavy (non-hydrogen) atoms. The van der Waals surface area contributed by atoms with Crippen LogP contribution in [0.3, 0.4) is 0 Å². The molecular weight excluding hydrogens is 318 g/mol.